The number of nitrogens with one attached hydrogen (secondary N) is 1. The zero-order valence-corrected chi connectivity index (χ0v) is 14.9. The molecule has 0 fully saturated rings. The maximum absolute atomic E-state index is 12.3. The van der Waals surface area contributed by atoms with Gasteiger partial charge in [-0.05, 0) is 51.1 Å². The first-order valence-electron chi connectivity index (χ1n) is 7.39. The molecule has 4 nitrogen and oxygen atoms in total. The molecular formula is C17H20Cl2N2O2. The van der Waals surface area contributed by atoms with Crippen LogP contribution in [0.5, 0.6) is 0 Å². The van der Waals surface area contributed by atoms with Crippen LogP contribution in [0.15, 0.2) is 34.7 Å². The van der Waals surface area contributed by atoms with Crippen molar-refractivity contribution in [3.05, 3.63) is 51.9 Å². The van der Waals surface area contributed by atoms with Crippen LogP contribution < -0.4 is 5.32 Å². The minimum atomic E-state index is -0.133. The molecule has 124 valence electrons. The Labute approximate surface area is 146 Å². The molecule has 0 spiro atoms. The lowest BCUT2D eigenvalue weighted by molar-refractivity contribution is -0.117. The molecule has 0 unspecified atom stereocenters. The van der Waals surface area contributed by atoms with E-state index in [0.717, 1.165) is 11.5 Å². The molecule has 0 aliphatic carbocycles. The number of anilines is 1. The molecule has 6 heteroatoms. The SMILES string of the molecule is Cc1ccc(CN(CC(=O)Nc2ccc(Cl)cc2Cl)C(C)C)o1. The molecule has 0 atom stereocenters. The van der Waals surface area contributed by atoms with Crippen LogP contribution in [0, 0.1) is 6.92 Å². The van der Waals surface area contributed by atoms with Gasteiger partial charge in [-0.15, -0.1) is 0 Å². The monoisotopic (exact) mass is 354 g/mol. The van der Waals surface area contributed by atoms with E-state index in [1.54, 1.807) is 18.2 Å². The molecule has 0 saturated heterocycles. The predicted octanol–water partition coefficient (Wildman–Crippen LogP) is 4.74. The Hall–Kier alpha value is -1.49. The van der Waals surface area contributed by atoms with Crippen molar-refractivity contribution >= 4 is 34.8 Å². The fraction of sp³-hybridized carbons (Fsp3) is 0.353. The van der Waals surface area contributed by atoms with Gasteiger partial charge in [0.05, 0.1) is 23.8 Å². The van der Waals surface area contributed by atoms with Crippen LogP contribution in [-0.4, -0.2) is 23.4 Å². The number of nitrogens with zero attached hydrogens (tertiary/aromatic N) is 1. The van der Waals surface area contributed by atoms with Crippen LogP contribution in [-0.2, 0) is 11.3 Å². The summed E-state index contributed by atoms with van der Waals surface area (Å²) in [6.07, 6.45) is 0. The molecule has 2 rings (SSSR count). The number of rotatable bonds is 6. The molecule has 0 radical (unpaired) electrons. The zero-order valence-electron chi connectivity index (χ0n) is 13.4. The topological polar surface area (TPSA) is 45.5 Å². The molecule has 1 amide bonds. The summed E-state index contributed by atoms with van der Waals surface area (Å²) in [5.74, 6) is 1.57. The lowest BCUT2D eigenvalue weighted by Crippen LogP contribution is -2.37. The van der Waals surface area contributed by atoms with Crippen LogP contribution in [0.2, 0.25) is 10.0 Å². The number of benzene rings is 1. The largest absolute Gasteiger partial charge is 0.465 e. The number of carbonyl (C=O) groups is 1. The van der Waals surface area contributed by atoms with Crippen molar-refractivity contribution in [1.82, 2.24) is 4.90 Å². The highest BCUT2D eigenvalue weighted by molar-refractivity contribution is 6.36. The summed E-state index contributed by atoms with van der Waals surface area (Å²) in [5, 5.41) is 3.76. The average molecular weight is 355 g/mol. The van der Waals surface area contributed by atoms with Crippen LogP contribution in [0.1, 0.15) is 25.4 Å². The Morgan fingerprint density at radius 3 is 2.57 bits per heavy atom. The Kier molecular flexibility index (Phi) is 6.10. The van der Waals surface area contributed by atoms with Crippen LogP contribution in [0.4, 0.5) is 5.69 Å². The van der Waals surface area contributed by atoms with Crippen LogP contribution in [0.25, 0.3) is 0 Å². The van der Waals surface area contributed by atoms with E-state index in [9.17, 15) is 4.79 Å². The molecule has 0 aliphatic rings. The van der Waals surface area contributed by atoms with Gasteiger partial charge >= 0.3 is 0 Å². The summed E-state index contributed by atoms with van der Waals surface area (Å²) >= 11 is 11.9. The van der Waals surface area contributed by atoms with Gasteiger partial charge in [0.15, 0.2) is 0 Å². The van der Waals surface area contributed by atoms with E-state index in [0.29, 0.717) is 22.3 Å². The quantitative estimate of drug-likeness (QED) is 0.814. The lowest BCUT2D eigenvalue weighted by Gasteiger charge is -2.24. The molecule has 1 aromatic carbocycles. The highest BCUT2D eigenvalue weighted by Gasteiger charge is 2.17. The lowest BCUT2D eigenvalue weighted by atomic mass is 10.2. The third-order valence-electron chi connectivity index (χ3n) is 3.44. The molecule has 1 heterocycles. The van der Waals surface area contributed by atoms with Crippen molar-refractivity contribution in [2.24, 2.45) is 0 Å². The smallest absolute Gasteiger partial charge is 0.238 e. The second kappa shape index (κ2) is 7.86. The first-order chi connectivity index (χ1) is 10.8. The van der Waals surface area contributed by atoms with Crippen molar-refractivity contribution in [1.29, 1.82) is 0 Å². The van der Waals surface area contributed by atoms with E-state index in [1.165, 1.54) is 0 Å². The van der Waals surface area contributed by atoms with Gasteiger partial charge in [-0.3, -0.25) is 9.69 Å². The maximum atomic E-state index is 12.3. The van der Waals surface area contributed by atoms with Crippen LogP contribution in [0.3, 0.4) is 0 Å². The van der Waals surface area contributed by atoms with Crippen molar-refractivity contribution in [2.75, 3.05) is 11.9 Å². The van der Waals surface area contributed by atoms with Gasteiger partial charge in [0.25, 0.3) is 0 Å². The summed E-state index contributed by atoms with van der Waals surface area (Å²) < 4.78 is 5.59. The molecule has 1 aromatic heterocycles. The molecule has 0 aliphatic heterocycles. The second-order valence-corrected chi connectivity index (χ2v) is 6.53. The third-order valence-corrected chi connectivity index (χ3v) is 3.98. The number of aryl methyl sites for hydroxylation is 1. The van der Waals surface area contributed by atoms with Gasteiger partial charge in [-0.25, -0.2) is 0 Å². The number of furan rings is 1. The third kappa shape index (κ3) is 5.27. The van der Waals surface area contributed by atoms with Crippen molar-refractivity contribution < 1.29 is 9.21 Å². The first kappa shape index (κ1) is 17.9. The van der Waals surface area contributed by atoms with Gasteiger partial charge in [-0.1, -0.05) is 23.2 Å². The highest BCUT2D eigenvalue weighted by Crippen LogP contribution is 2.25. The highest BCUT2D eigenvalue weighted by atomic mass is 35.5. The number of hydrogen-bond acceptors (Lipinski definition) is 3. The van der Waals surface area contributed by atoms with Crippen molar-refractivity contribution in [3.8, 4) is 0 Å². The Morgan fingerprint density at radius 2 is 2.00 bits per heavy atom. The van der Waals surface area contributed by atoms with E-state index in [-0.39, 0.29) is 18.5 Å². The van der Waals surface area contributed by atoms with Gasteiger partial charge in [-0.2, -0.15) is 0 Å². The predicted molar refractivity (Wildman–Crippen MR) is 94.1 cm³/mol. The fourth-order valence-corrected chi connectivity index (χ4v) is 2.61. The summed E-state index contributed by atoms with van der Waals surface area (Å²) in [7, 11) is 0. The molecule has 2 aromatic rings. The minimum absolute atomic E-state index is 0.133. The van der Waals surface area contributed by atoms with Crippen molar-refractivity contribution in [3.63, 3.8) is 0 Å². The van der Waals surface area contributed by atoms with Gasteiger partial charge < -0.3 is 9.73 Å². The van der Waals surface area contributed by atoms with Gasteiger partial charge in [0, 0.05) is 11.1 Å². The van der Waals surface area contributed by atoms with Crippen molar-refractivity contribution in [2.45, 2.75) is 33.4 Å². The molecule has 1 N–H and O–H groups in total. The number of amides is 1. The summed E-state index contributed by atoms with van der Waals surface area (Å²) in [6, 6.07) is 9.03. The minimum Gasteiger partial charge on any atom is -0.465 e. The number of carbonyl (C=O) groups excluding carboxylic acids is 1. The number of hydrogen-bond donors (Lipinski definition) is 1. The van der Waals surface area contributed by atoms with Crippen LogP contribution >= 0.6 is 23.2 Å². The van der Waals surface area contributed by atoms with E-state index in [4.69, 9.17) is 27.6 Å². The summed E-state index contributed by atoms with van der Waals surface area (Å²) in [6.45, 7) is 6.80. The fourth-order valence-electron chi connectivity index (χ4n) is 2.16. The Morgan fingerprint density at radius 1 is 1.26 bits per heavy atom. The van der Waals surface area contributed by atoms with Gasteiger partial charge in [0.2, 0.25) is 5.91 Å². The van der Waals surface area contributed by atoms with Gasteiger partial charge in [0.1, 0.15) is 11.5 Å². The summed E-state index contributed by atoms with van der Waals surface area (Å²) in [5.41, 5.74) is 0.554. The van der Waals surface area contributed by atoms with E-state index < -0.39 is 0 Å². The Balaban J connectivity index is 2.00. The summed E-state index contributed by atoms with van der Waals surface area (Å²) in [4.78, 5) is 14.3. The molecule has 23 heavy (non-hydrogen) atoms. The standard InChI is InChI=1S/C17H20Cl2N2O2/c1-11(2)21(9-14-6-4-12(3)23-14)10-17(22)20-16-7-5-13(18)8-15(16)19/h4-8,11H,9-10H2,1-3H3,(H,20,22). The first-order valence-corrected chi connectivity index (χ1v) is 8.15. The van der Waals surface area contributed by atoms with E-state index in [1.807, 2.05) is 37.8 Å². The molecule has 0 bridgehead atoms. The van der Waals surface area contributed by atoms with E-state index in [2.05, 4.69) is 5.32 Å². The molecular weight excluding hydrogens is 335 g/mol. The average Bonchev–Trinajstić information content (AvgIpc) is 2.86. The second-order valence-electron chi connectivity index (χ2n) is 5.68. The normalized spacial score (nSPS) is 11.3. The Bertz CT molecular complexity index is 683. The van der Waals surface area contributed by atoms with E-state index >= 15 is 0 Å². The number of halogens is 2. The maximum Gasteiger partial charge on any atom is 0.238 e. The molecule has 0 saturated carbocycles. The zero-order chi connectivity index (χ0) is 17.0.